The van der Waals surface area contributed by atoms with Crippen molar-refractivity contribution in [3.63, 3.8) is 0 Å². The number of benzene rings is 1. The van der Waals surface area contributed by atoms with Crippen molar-refractivity contribution in [3.8, 4) is 0 Å². The summed E-state index contributed by atoms with van der Waals surface area (Å²) in [6.45, 7) is 3.05. The lowest BCUT2D eigenvalue weighted by Gasteiger charge is -2.06. The molecule has 0 fully saturated rings. The first kappa shape index (κ1) is 14.9. The molecule has 1 aromatic rings. The number of hydrazone groups is 1. The minimum atomic E-state index is 0.536. The number of unbranched alkanes of at least 4 members (excludes halogenated alkanes) is 2. The monoisotopic (exact) mass is 283 g/mol. The molecular weight excluding hydrogens is 266 g/mol. The highest BCUT2D eigenvalue weighted by atomic mass is 35.5. The highest BCUT2D eigenvalue weighted by Crippen LogP contribution is 2.11. The first-order valence-corrected chi connectivity index (χ1v) is 6.84. The average molecular weight is 284 g/mol. The van der Waals surface area contributed by atoms with Gasteiger partial charge in [0.15, 0.2) is 5.11 Å². The summed E-state index contributed by atoms with van der Waals surface area (Å²) in [6.07, 6.45) is 5.18. The van der Waals surface area contributed by atoms with Crippen LogP contribution in [0.15, 0.2) is 29.4 Å². The number of hydrogen-bond acceptors (Lipinski definition) is 2. The van der Waals surface area contributed by atoms with Gasteiger partial charge in [-0.05, 0) is 24.7 Å². The molecule has 0 saturated carbocycles. The van der Waals surface area contributed by atoms with Crippen molar-refractivity contribution in [2.24, 2.45) is 5.10 Å². The lowest BCUT2D eigenvalue weighted by Crippen LogP contribution is -2.32. The predicted molar refractivity (Wildman–Crippen MR) is 82.3 cm³/mol. The molecule has 0 aliphatic carbocycles. The second-order valence-electron chi connectivity index (χ2n) is 3.85. The van der Waals surface area contributed by atoms with Crippen molar-refractivity contribution < 1.29 is 0 Å². The van der Waals surface area contributed by atoms with Crippen LogP contribution < -0.4 is 10.7 Å². The molecule has 0 heterocycles. The molecule has 0 atom stereocenters. The minimum Gasteiger partial charge on any atom is -0.361 e. The Morgan fingerprint density at radius 3 is 2.89 bits per heavy atom. The van der Waals surface area contributed by atoms with E-state index < -0.39 is 0 Å². The molecule has 0 spiro atoms. The second kappa shape index (κ2) is 8.89. The van der Waals surface area contributed by atoms with Gasteiger partial charge in [0.2, 0.25) is 0 Å². The molecule has 0 unspecified atom stereocenters. The number of nitrogens with zero attached hydrogens (tertiary/aromatic N) is 1. The fourth-order valence-corrected chi connectivity index (χ4v) is 1.70. The zero-order chi connectivity index (χ0) is 13.2. The predicted octanol–water partition coefficient (Wildman–Crippen LogP) is 3.33. The fourth-order valence-electron chi connectivity index (χ4n) is 1.36. The number of nitrogens with one attached hydrogen (secondary N) is 2. The number of hydrogen-bond donors (Lipinski definition) is 2. The Kier molecular flexibility index (Phi) is 7.37. The molecule has 0 aromatic heterocycles. The molecule has 1 aromatic carbocycles. The Bertz CT molecular complexity index is 407. The van der Waals surface area contributed by atoms with Crippen molar-refractivity contribution in [1.82, 2.24) is 10.7 Å². The SMILES string of the molecule is CCCCCNC(=S)N/N=C\c1ccccc1Cl. The van der Waals surface area contributed by atoms with Crippen molar-refractivity contribution in [3.05, 3.63) is 34.9 Å². The van der Waals surface area contributed by atoms with Gasteiger partial charge in [-0.15, -0.1) is 0 Å². The summed E-state index contributed by atoms with van der Waals surface area (Å²) in [5.74, 6) is 0. The van der Waals surface area contributed by atoms with Crippen LogP contribution in [-0.4, -0.2) is 17.9 Å². The van der Waals surface area contributed by atoms with Gasteiger partial charge in [-0.2, -0.15) is 5.10 Å². The van der Waals surface area contributed by atoms with Crippen LogP contribution in [-0.2, 0) is 0 Å². The van der Waals surface area contributed by atoms with E-state index in [0.29, 0.717) is 10.1 Å². The zero-order valence-electron chi connectivity index (χ0n) is 10.4. The molecule has 0 amide bonds. The van der Waals surface area contributed by atoms with E-state index in [2.05, 4.69) is 22.8 Å². The Balaban J connectivity index is 2.28. The van der Waals surface area contributed by atoms with Gasteiger partial charge in [0.05, 0.1) is 6.21 Å². The van der Waals surface area contributed by atoms with Crippen LogP contribution in [0.2, 0.25) is 5.02 Å². The molecule has 0 aliphatic heterocycles. The lowest BCUT2D eigenvalue weighted by atomic mass is 10.2. The second-order valence-corrected chi connectivity index (χ2v) is 4.67. The van der Waals surface area contributed by atoms with E-state index in [9.17, 15) is 0 Å². The van der Waals surface area contributed by atoms with Crippen molar-refractivity contribution in [1.29, 1.82) is 0 Å². The summed E-state index contributed by atoms with van der Waals surface area (Å²) in [4.78, 5) is 0. The van der Waals surface area contributed by atoms with Gasteiger partial charge in [-0.1, -0.05) is 49.6 Å². The van der Waals surface area contributed by atoms with Crippen LogP contribution in [0.25, 0.3) is 0 Å². The average Bonchev–Trinajstić information content (AvgIpc) is 2.37. The van der Waals surface area contributed by atoms with E-state index >= 15 is 0 Å². The largest absolute Gasteiger partial charge is 0.361 e. The molecule has 0 aliphatic rings. The summed E-state index contributed by atoms with van der Waals surface area (Å²) >= 11 is 11.1. The van der Waals surface area contributed by atoms with Gasteiger partial charge in [-0.25, -0.2) is 0 Å². The van der Waals surface area contributed by atoms with Crippen molar-refractivity contribution >= 4 is 35.1 Å². The summed E-state index contributed by atoms with van der Waals surface area (Å²) in [5.41, 5.74) is 3.63. The molecule has 98 valence electrons. The molecule has 2 N–H and O–H groups in total. The fraction of sp³-hybridized carbons (Fsp3) is 0.385. The van der Waals surface area contributed by atoms with E-state index in [4.69, 9.17) is 23.8 Å². The summed E-state index contributed by atoms with van der Waals surface area (Å²) in [5, 5.41) is 8.34. The van der Waals surface area contributed by atoms with Gasteiger partial charge in [0.1, 0.15) is 0 Å². The van der Waals surface area contributed by atoms with Crippen LogP contribution >= 0.6 is 23.8 Å². The van der Waals surface area contributed by atoms with Crippen LogP contribution in [0, 0.1) is 0 Å². The first-order chi connectivity index (χ1) is 8.74. The maximum Gasteiger partial charge on any atom is 0.186 e. The Hall–Kier alpha value is -1.13. The molecule has 1 rings (SSSR count). The highest BCUT2D eigenvalue weighted by Gasteiger charge is 1.95. The lowest BCUT2D eigenvalue weighted by molar-refractivity contribution is 0.691. The smallest absolute Gasteiger partial charge is 0.186 e. The Morgan fingerprint density at radius 2 is 2.17 bits per heavy atom. The van der Waals surface area contributed by atoms with E-state index in [0.717, 1.165) is 18.5 Å². The van der Waals surface area contributed by atoms with E-state index in [1.54, 1.807) is 6.21 Å². The minimum absolute atomic E-state index is 0.536. The van der Waals surface area contributed by atoms with Crippen molar-refractivity contribution in [2.45, 2.75) is 26.2 Å². The molecule has 0 radical (unpaired) electrons. The van der Waals surface area contributed by atoms with Crippen LogP contribution in [0.1, 0.15) is 31.7 Å². The van der Waals surface area contributed by atoms with E-state index in [1.807, 2.05) is 24.3 Å². The quantitative estimate of drug-likeness (QED) is 0.364. The normalized spacial score (nSPS) is 10.6. The molecule has 0 bridgehead atoms. The van der Waals surface area contributed by atoms with Gasteiger partial charge in [0, 0.05) is 17.1 Å². The van der Waals surface area contributed by atoms with Crippen molar-refractivity contribution in [2.75, 3.05) is 6.54 Å². The molecule has 0 saturated heterocycles. The molecule has 3 nitrogen and oxygen atoms in total. The maximum absolute atomic E-state index is 5.99. The van der Waals surface area contributed by atoms with E-state index in [-0.39, 0.29) is 0 Å². The topological polar surface area (TPSA) is 36.4 Å². The summed E-state index contributed by atoms with van der Waals surface area (Å²) in [6, 6.07) is 7.51. The number of rotatable bonds is 6. The van der Waals surface area contributed by atoms with Gasteiger partial charge in [0.25, 0.3) is 0 Å². The van der Waals surface area contributed by atoms with Gasteiger partial charge >= 0.3 is 0 Å². The van der Waals surface area contributed by atoms with Gasteiger partial charge < -0.3 is 5.32 Å². The van der Waals surface area contributed by atoms with Crippen LogP contribution in [0.5, 0.6) is 0 Å². The molecule has 5 heteroatoms. The van der Waals surface area contributed by atoms with Crippen LogP contribution in [0.3, 0.4) is 0 Å². The Labute approximate surface area is 119 Å². The maximum atomic E-state index is 5.99. The third-order valence-electron chi connectivity index (χ3n) is 2.34. The van der Waals surface area contributed by atoms with Crippen LogP contribution in [0.4, 0.5) is 0 Å². The van der Waals surface area contributed by atoms with E-state index in [1.165, 1.54) is 12.8 Å². The standard InChI is InChI=1S/C13H18ClN3S/c1-2-3-6-9-15-13(18)17-16-10-11-7-4-5-8-12(11)14/h4-5,7-8,10H,2-3,6,9H2,1H3,(H2,15,17,18)/b16-10-. The number of thiocarbonyl (C=S) groups is 1. The number of halogens is 1. The summed E-state index contributed by atoms with van der Waals surface area (Å²) in [7, 11) is 0. The van der Waals surface area contributed by atoms with Gasteiger partial charge in [-0.3, -0.25) is 5.43 Å². The summed E-state index contributed by atoms with van der Waals surface area (Å²) < 4.78 is 0. The zero-order valence-corrected chi connectivity index (χ0v) is 12.0. The third kappa shape index (κ3) is 5.98. The molecule has 18 heavy (non-hydrogen) atoms. The first-order valence-electron chi connectivity index (χ1n) is 6.05. The Morgan fingerprint density at radius 1 is 1.39 bits per heavy atom. The third-order valence-corrected chi connectivity index (χ3v) is 2.92. The molecular formula is C13H18ClN3S. The highest BCUT2D eigenvalue weighted by molar-refractivity contribution is 7.80.